The van der Waals surface area contributed by atoms with Crippen LogP contribution >= 0.6 is 0 Å². The number of fused-ring (bicyclic) bond motifs is 7. The fourth-order valence-electron chi connectivity index (χ4n) is 9.87. The predicted molar refractivity (Wildman–Crippen MR) is 264 cm³/mol. The molecular weight excluding hydrogens is 821 g/mol. The zero-order valence-electron chi connectivity index (χ0n) is 41.2. The number of hydrogen-bond donors (Lipinski definition) is 0. The third-order valence-electron chi connectivity index (χ3n) is 14.0. The average Bonchev–Trinajstić information content (AvgIpc) is 3.99. The van der Waals surface area contributed by atoms with E-state index >= 15 is 0 Å². The molecule has 0 spiro atoms. The van der Waals surface area contributed by atoms with Crippen molar-refractivity contribution in [3.05, 3.63) is 108 Å². The molecule has 65 heavy (non-hydrogen) atoms. The maximum atomic E-state index is 14.4. The molecule has 0 unspecified atom stereocenters. The molecule has 6 rings (SSSR count). The maximum absolute atomic E-state index is 14.4. The second-order valence-electron chi connectivity index (χ2n) is 19.2. The molecule has 2 aliphatic heterocycles. The molecule has 1 fully saturated rings. The minimum Gasteiger partial charge on any atom is -0.664 e. The normalized spacial score (nSPS) is 21.7. The Bertz CT molecular complexity index is 2450. The Morgan fingerprint density at radius 1 is 0.892 bits per heavy atom. The van der Waals surface area contributed by atoms with Gasteiger partial charge in [0.25, 0.3) is 0 Å². The molecule has 8 bridgehead atoms. The first-order chi connectivity index (χ1) is 30.6. The average molecular weight is 893 g/mol. The number of carbonyl (C=O) groups is 3. The van der Waals surface area contributed by atoms with E-state index in [-0.39, 0.29) is 59.7 Å². The van der Waals surface area contributed by atoms with Gasteiger partial charge >= 0.3 is 35.0 Å². The Morgan fingerprint density at radius 3 is 2.29 bits per heavy atom. The molecule has 10 heteroatoms. The van der Waals surface area contributed by atoms with Crippen LogP contribution in [0.1, 0.15) is 174 Å². The van der Waals surface area contributed by atoms with Gasteiger partial charge in [0.15, 0.2) is 5.78 Å². The fourth-order valence-corrected chi connectivity index (χ4v) is 9.87. The number of carbonyl (C=O) groups excluding carboxylic acids is 3. The third kappa shape index (κ3) is 11.6. The van der Waals surface area contributed by atoms with Crippen molar-refractivity contribution in [3.63, 3.8) is 0 Å². The zero-order chi connectivity index (χ0) is 46.4. The molecule has 0 saturated carbocycles. The number of methoxy groups -OCH3 is 1. The van der Waals surface area contributed by atoms with E-state index in [0.717, 1.165) is 75.2 Å². The molecular formula is C55H71MgN4O5-3. The summed E-state index contributed by atoms with van der Waals surface area (Å²) in [5.74, 6) is -0.891. The molecule has 3 aliphatic rings. The number of hydrogen-bond acceptors (Lipinski definition) is 5. The van der Waals surface area contributed by atoms with Crippen LogP contribution in [-0.4, -0.2) is 54.5 Å². The van der Waals surface area contributed by atoms with Crippen molar-refractivity contribution in [1.82, 2.24) is 15.0 Å². The molecule has 0 amide bonds. The number of nitrogens with zero attached hydrogens (tertiary/aromatic N) is 4. The van der Waals surface area contributed by atoms with Crippen molar-refractivity contribution in [3.8, 4) is 0 Å². The standard InChI is InChI=1S/C55H72N4O5.Mg/c1-13-39-35(8)42-28-44-37(10)41(24-25-48(60)64-27-26-34(7)23-17-22-33(6)21-16-20-32(5)19-15-18-31(3)4)52(58-44)50-51(55(62)63-12)54(61)49-38(11)45(59-53(49)50)30-47-40(14-2)36(9)43(57-47)29-46(39)56-42;/h13,19,26,28-33,37,41,51H,1,14-18,20-25,27H2,2-12H3,(H-,58,59,61);/q-4;+2/p-1/b34-26-,43-29-,44-28-,47-30-;/t32-,33-,37+,41+,51-;/m1./s1. The minimum absolute atomic E-state index is 0. The van der Waals surface area contributed by atoms with Crippen LogP contribution in [0.2, 0.25) is 0 Å². The van der Waals surface area contributed by atoms with E-state index < -0.39 is 11.9 Å². The summed E-state index contributed by atoms with van der Waals surface area (Å²) < 4.78 is 11.0. The van der Waals surface area contributed by atoms with Gasteiger partial charge in [-0.1, -0.05) is 138 Å². The van der Waals surface area contributed by atoms with E-state index in [1.807, 2.05) is 44.2 Å². The maximum Gasteiger partial charge on any atom is 2.00 e. The molecule has 0 aromatic carbocycles. The van der Waals surface area contributed by atoms with Gasteiger partial charge in [-0.3, -0.25) is 14.4 Å². The molecule has 1 saturated heterocycles. The first kappa shape index (κ1) is 51.7. The van der Waals surface area contributed by atoms with Crippen molar-refractivity contribution < 1.29 is 23.9 Å². The van der Waals surface area contributed by atoms with Crippen molar-refractivity contribution in [2.24, 2.45) is 35.5 Å². The largest absolute Gasteiger partial charge is 2.00 e. The first-order valence-corrected chi connectivity index (χ1v) is 23.8. The Hall–Kier alpha value is -4.28. The number of rotatable bonds is 20. The fraction of sp³-hybridized carbons (Fsp3) is 0.527. The third-order valence-corrected chi connectivity index (χ3v) is 14.0. The van der Waals surface area contributed by atoms with Gasteiger partial charge < -0.3 is 36.2 Å². The van der Waals surface area contributed by atoms with Crippen LogP contribution in [0.4, 0.5) is 0 Å². The number of ether oxygens (including phenoxy) is 2. The van der Waals surface area contributed by atoms with Gasteiger partial charge in [0, 0.05) is 12.0 Å². The van der Waals surface area contributed by atoms with E-state index in [4.69, 9.17) is 29.7 Å². The van der Waals surface area contributed by atoms with E-state index in [1.165, 1.54) is 51.2 Å². The molecule has 3 aromatic rings. The van der Waals surface area contributed by atoms with Crippen molar-refractivity contribution in [2.75, 3.05) is 13.7 Å². The molecule has 9 nitrogen and oxygen atoms in total. The second-order valence-corrected chi connectivity index (χ2v) is 19.2. The summed E-state index contributed by atoms with van der Waals surface area (Å²) in [6.07, 6.45) is 23.2. The molecule has 5 atom stereocenters. The molecule has 1 aliphatic carbocycles. The zero-order valence-corrected chi connectivity index (χ0v) is 42.6. The monoisotopic (exact) mass is 892 g/mol. The summed E-state index contributed by atoms with van der Waals surface area (Å²) in [6, 6.07) is 0. The van der Waals surface area contributed by atoms with Crippen LogP contribution in [0.3, 0.4) is 0 Å². The van der Waals surface area contributed by atoms with Crippen LogP contribution in [0, 0.1) is 62.7 Å². The number of ketones is 1. The van der Waals surface area contributed by atoms with Gasteiger partial charge in [-0.15, -0.1) is 33.5 Å². The minimum atomic E-state index is -1.22. The van der Waals surface area contributed by atoms with Crippen LogP contribution in [-0.2, 0) is 25.5 Å². The van der Waals surface area contributed by atoms with Gasteiger partial charge in [0.1, 0.15) is 12.5 Å². The van der Waals surface area contributed by atoms with Gasteiger partial charge in [-0.05, 0) is 88.7 Å². The van der Waals surface area contributed by atoms with E-state index in [1.54, 1.807) is 0 Å². The van der Waals surface area contributed by atoms with E-state index in [0.29, 0.717) is 52.0 Å². The summed E-state index contributed by atoms with van der Waals surface area (Å²) in [6.45, 7) is 25.9. The van der Waals surface area contributed by atoms with E-state index in [9.17, 15) is 14.4 Å². The van der Waals surface area contributed by atoms with Crippen LogP contribution in [0.15, 0.2) is 29.6 Å². The van der Waals surface area contributed by atoms with Gasteiger partial charge in [0.05, 0.1) is 7.11 Å². The summed E-state index contributed by atoms with van der Waals surface area (Å²) in [5, 5.41) is 6.83. The molecule has 0 N–H and O–H groups in total. The number of aromatic nitrogens is 3. The SMILES string of the molecule is C=Cc1c2[n-]c(c1C)/C=C1\[N-]/C(=C3\c4[n-]c(c(C)c4C(=O)[C@@H]3C(=O)OC)/C=c3\[n-]/c(c(C)c3CC)=C\2)[C@@H](CCC(=O)OC/C=C(/C)CCC[C@H](C)CCC[C@H](C)[CH-]CCC(C)C)[C@@H]1C.[Mg+2]. The second kappa shape index (κ2) is 22.9. The number of allylic oxidation sites excluding steroid dienone is 3. The number of esters is 2. The smallest absolute Gasteiger partial charge is 0.664 e. The summed E-state index contributed by atoms with van der Waals surface area (Å²) in [4.78, 5) is 56.6. The van der Waals surface area contributed by atoms with Gasteiger partial charge in [-0.25, -0.2) is 0 Å². The Kier molecular flexibility index (Phi) is 18.3. The van der Waals surface area contributed by atoms with Crippen LogP contribution < -0.4 is 25.7 Å². The summed E-state index contributed by atoms with van der Waals surface area (Å²) >= 11 is 0. The van der Waals surface area contributed by atoms with Crippen molar-refractivity contribution in [2.45, 2.75) is 140 Å². The molecule has 3 aromatic heterocycles. The topological polar surface area (TPSA) is 126 Å². The van der Waals surface area contributed by atoms with Gasteiger partial charge in [0.2, 0.25) is 0 Å². The first-order valence-electron chi connectivity index (χ1n) is 23.8. The summed E-state index contributed by atoms with van der Waals surface area (Å²) in [7, 11) is 1.29. The molecule has 0 radical (unpaired) electrons. The predicted octanol–water partition coefficient (Wildman–Crippen LogP) is 10.2. The van der Waals surface area contributed by atoms with E-state index in [2.05, 4.69) is 68.4 Å². The van der Waals surface area contributed by atoms with Crippen molar-refractivity contribution in [1.29, 1.82) is 0 Å². The number of Topliss-reactive ketones (excluding diaryl/α,β-unsaturated/α-hetero) is 1. The Labute approximate surface area is 404 Å². The van der Waals surface area contributed by atoms with Crippen LogP contribution in [0.5, 0.6) is 0 Å². The van der Waals surface area contributed by atoms with Gasteiger partial charge in [-0.2, -0.15) is 23.7 Å². The van der Waals surface area contributed by atoms with Crippen LogP contribution in [0.25, 0.3) is 35.2 Å². The van der Waals surface area contributed by atoms with Crippen molar-refractivity contribution >= 4 is 70.7 Å². The molecule has 346 valence electrons. The Morgan fingerprint density at radius 2 is 1.60 bits per heavy atom. The molecule has 5 heterocycles. The Balaban J connectivity index is 0.00000793. The quantitative estimate of drug-likeness (QED) is 0.0361. The summed E-state index contributed by atoms with van der Waals surface area (Å²) in [5.41, 5.74) is 10.7.